The Kier molecular flexibility index (Phi) is 5.37. The maximum absolute atomic E-state index is 13.0. The highest BCUT2D eigenvalue weighted by Gasteiger charge is 2.24. The lowest BCUT2D eigenvalue weighted by atomic mass is 10.1. The molecular weight excluding hydrogens is 288 g/mol. The normalized spacial score (nSPS) is 10.6. The van der Waals surface area contributed by atoms with Gasteiger partial charge < -0.3 is 9.88 Å². The molecule has 4 nitrogen and oxygen atoms in total. The Balaban J connectivity index is 2.42. The molecule has 0 bridgehead atoms. The second-order valence-corrected chi connectivity index (χ2v) is 5.83. The van der Waals surface area contributed by atoms with Gasteiger partial charge in [-0.15, -0.1) is 0 Å². The minimum absolute atomic E-state index is 0.0184. The SMILES string of the molecule is CCCCN(C(=O)c1[nH]c(C)c(C(C)=O)c1C)c1ccccc1. The predicted molar refractivity (Wildman–Crippen MR) is 93.3 cm³/mol. The summed E-state index contributed by atoms with van der Waals surface area (Å²) >= 11 is 0. The number of Topliss-reactive ketones (excluding diaryl/α,β-unsaturated/α-hetero) is 1. The zero-order valence-corrected chi connectivity index (χ0v) is 14.3. The number of benzene rings is 1. The van der Waals surface area contributed by atoms with Crippen molar-refractivity contribution in [3.8, 4) is 0 Å². The lowest BCUT2D eigenvalue weighted by molar-refractivity contribution is 0.0981. The first-order valence-corrected chi connectivity index (χ1v) is 8.04. The number of rotatable bonds is 6. The van der Waals surface area contributed by atoms with Crippen LogP contribution in [0.5, 0.6) is 0 Å². The summed E-state index contributed by atoms with van der Waals surface area (Å²) < 4.78 is 0. The molecule has 1 amide bonds. The highest BCUT2D eigenvalue weighted by molar-refractivity contribution is 6.08. The fourth-order valence-electron chi connectivity index (χ4n) is 2.90. The van der Waals surface area contributed by atoms with Crippen LogP contribution in [0.2, 0.25) is 0 Å². The average Bonchev–Trinajstić information content (AvgIpc) is 2.83. The number of hydrogen-bond donors (Lipinski definition) is 1. The lowest BCUT2D eigenvalue weighted by Crippen LogP contribution is -2.32. The van der Waals surface area contributed by atoms with Crippen molar-refractivity contribution in [2.45, 2.75) is 40.5 Å². The molecule has 0 saturated carbocycles. The van der Waals surface area contributed by atoms with Crippen LogP contribution in [-0.4, -0.2) is 23.2 Å². The molecule has 0 saturated heterocycles. The van der Waals surface area contributed by atoms with E-state index in [1.807, 2.05) is 44.2 Å². The van der Waals surface area contributed by atoms with Crippen molar-refractivity contribution in [3.63, 3.8) is 0 Å². The molecule has 23 heavy (non-hydrogen) atoms. The minimum atomic E-state index is -0.0854. The fourth-order valence-corrected chi connectivity index (χ4v) is 2.90. The lowest BCUT2D eigenvalue weighted by Gasteiger charge is -2.22. The quantitative estimate of drug-likeness (QED) is 0.809. The molecule has 4 heteroatoms. The highest BCUT2D eigenvalue weighted by atomic mass is 16.2. The molecular formula is C19H24N2O2. The molecule has 0 atom stereocenters. The second-order valence-electron chi connectivity index (χ2n) is 5.83. The van der Waals surface area contributed by atoms with Crippen LogP contribution in [-0.2, 0) is 0 Å². The van der Waals surface area contributed by atoms with Crippen LogP contribution in [0.1, 0.15) is 58.8 Å². The van der Waals surface area contributed by atoms with Crippen molar-refractivity contribution >= 4 is 17.4 Å². The number of carbonyl (C=O) groups excluding carboxylic acids is 2. The van der Waals surface area contributed by atoms with E-state index in [9.17, 15) is 9.59 Å². The van der Waals surface area contributed by atoms with Gasteiger partial charge in [0.15, 0.2) is 5.78 Å². The van der Waals surface area contributed by atoms with E-state index in [4.69, 9.17) is 0 Å². The zero-order chi connectivity index (χ0) is 17.0. The molecule has 2 aromatic rings. The van der Waals surface area contributed by atoms with Crippen molar-refractivity contribution < 1.29 is 9.59 Å². The molecule has 0 unspecified atom stereocenters. The van der Waals surface area contributed by atoms with Crippen molar-refractivity contribution in [1.29, 1.82) is 0 Å². The fraction of sp³-hybridized carbons (Fsp3) is 0.368. The second kappa shape index (κ2) is 7.27. The molecule has 0 aliphatic carbocycles. The van der Waals surface area contributed by atoms with Gasteiger partial charge in [-0.2, -0.15) is 0 Å². The van der Waals surface area contributed by atoms with Gasteiger partial charge in [0, 0.05) is 23.5 Å². The smallest absolute Gasteiger partial charge is 0.274 e. The summed E-state index contributed by atoms with van der Waals surface area (Å²) in [6.07, 6.45) is 1.94. The number of aromatic amines is 1. The van der Waals surface area contributed by atoms with E-state index in [1.54, 1.807) is 4.90 Å². The standard InChI is InChI=1S/C19H24N2O2/c1-5-6-12-21(16-10-8-7-9-11-16)19(23)18-13(2)17(15(4)22)14(3)20-18/h7-11,20H,5-6,12H2,1-4H3. The maximum atomic E-state index is 13.0. The zero-order valence-electron chi connectivity index (χ0n) is 14.3. The first kappa shape index (κ1) is 17.0. The van der Waals surface area contributed by atoms with Gasteiger partial charge in [-0.05, 0) is 44.9 Å². The van der Waals surface area contributed by atoms with Crippen molar-refractivity contribution in [2.75, 3.05) is 11.4 Å². The summed E-state index contributed by atoms with van der Waals surface area (Å²) in [5.41, 5.74) is 3.49. The van der Waals surface area contributed by atoms with Crippen LogP contribution in [0.4, 0.5) is 5.69 Å². The van der Waals surface area contributed by atoms with Gasteiger partial charge in [-0.3, -0.25) is 9.59 Å². The van der Waals surface area contributed by atoms with E-state index in [-0.39, 0.29) is 11.7 Å². The van der Waals surface area contributed by atoms with Crippen LogP contribution in [0.25, 0.3) is 0 Å². The number of nitrogens with one attached hydrogen (secondary N) is 1. The Hall–Kier alpha value is -2.36. The molecule has 2 rings (SSSR count). The number of amides is 1. The van der Waals surface area contributed by atoms with Crippen molar-refractivity contribution in [3.05, 3.63) is 52.8 Å². The molecule has 1 aromatic carbocycles. The first-order chi connectivity index (χ1) is 11.0. The van der Waals surface area contributed by atoms with Gasteiger partial charge >= 0.3 is 0 Å². The molecule has 122 valence electrons. The topological polar surface area (TPSA) is 53.2 Å². The Labute approximate surface area is 137 Å². The third-order valence-corrected chi connectivity index (χ3v) is 4.05. The maximum Gasteiger partial charge on any atom is 0.274 e. The monoisotopic (exact) mass is 312 g/mol. The van der Waals surface area contributed by atoms with E-state index in [0.29, 0.717) is 17.8 Å². The summed E-state index contributed by atoms with van der Waals surface area (Å²) in [4.78, 5) is 29.7. The molecule has 1 aromatic heterocycles. The third kappa shape index (κ3) is 3.52. The van der Waals surface area contributed by atoms with Crippen LogP contribution < -0.4 is 4.90 Å². The van der Waals surface area contributed by atoms with Gasteiger partial charge in [0.05, 0.1) is 0 Å². The van der Waals surface area contributed by atoms with Gasteiger partial charge in [0.25, 0.3) is 5.91 Å². The summed E-state index contributed by atoms with van der Waals surface area (Å²) in [6, 6.07) is 9.66. The van der Waals surface area contributed by atoms with Crippen LogP contribution in [0.3, 0.4) is 0 Å². The highest BCUT2D eigenvalue weighted by Crippen LogP contribution is 2.23. The van der Waals surface area contributed by atoms with Crippen molar-refractivity contribution in [1.82, 2.24) is 4.98 Å². The summed E-state index contributed by atoms with van der Waals surface area (Å²) in [5, 5.41) is 0. The van der Waals surface area contributed by atoms with Gasteiger partial charge in [0.2, 0.25) is 0 Å². The van der Waals surface area contributed by atoms with E-state index in [1.165, 1.54) is 6.92 Å². The number of nitrogens with zero attached hydrogens (tertiary/aromatic N) is 1. The van der Waals surface area contributed by atoms with Gasteiger partial charge in [-0.25, -0.2) is 0 Å². The Morgan fingerprint density at radius 1 is 1.13 bits per heavy atom. The van der Waals surface area contributed by atoms with E-state index in [2.05, 4.69) is 11.9 Å². The van der Waals surface area contributed by atoms with E-state index >= 15 is 0 Å². The average molecular weight is 312 g/mol. The van der Waals surface area contributed by atoms with Crippen molar-refractivity contribution in [2.24, 2.45) is 0 Å². The molecule has 0 fully saturated rings. The summed E-state index contributed by atoms with van der Waals surface area (Å²) in [5.74, 6) is -0.104. The number of ketones is 1. The molecule has 1 heterocycles. The Morgan fingerprint density at radius 2 is 1.78 bits per heavy atom. The van der Waals surface area contributed by atoms with Crippen LogP contribution in [0.15, 0.2) is 30.3 Å². The van der Waals surface area contributed by atoms with E-state index < -0.39 is 0 Å². The predicted octanol–water partition coefficient (Wildman–Crippen LogP) is 4.28. The van der Waals surface area contributed by atoms with Gasteiger partial charge in [-0.1, -0.05) is 31.5 Å². The van der Waals surface area contributed by atoms with Gasteiger partial charge in [0.1, 0.15) is 5.69 Å². The summed E-state index contributed by atoms with van der Waals surface area (Å²) in [6.45, 7) is 7.96. The molecule has 1 N–H and O–H groups in total. The Bertz CT molecular complexity index is 702. The van der Waals surface area contributed by atoms with E-state index in [0.717, 1.165) is 29.8 Å². The Morgan fingerprint density at radius 3 is 2.30 bits per heavy atom. The third-order valence-electron chi connectivity index (χ3n) is 4.05. The number of H-pyrrole nitrogens is 1. The number of para-hydroxylation sites is 1. The molecule has 0 aliphatic rings. The van der Waals surface area contributed by atoms with Crippen LogP contribution in [0, 0.1) is 13.8 Å². The first-order valence-electron chi connectivity index (χ1n) is 8.04. The number of aryl methyl sites for hydroxylation is 1. The minimum Gasteiger partial charge on any atom is -0.354 e. The number of aromatic nitrogens is 1. The number of unbranched alkanes of at least 4 members (excludes halogenated alkanes) is 1. The molecule has 0 aliphatic heterocycles. The molecule has 0 spiro atoms. The summed E-state index contributed by atoms with van der Waals surface area (Å²) in [7, 11) is 0. The molecule has 0 radical (unpaired) electrons. The van der Waals surface area contributed by atoms with Crippen LogP contribution >= 0.6 is 0 Å². The number of anilines is 1. The number of hydrogen-bond acceptors (Lipinski definition) is 2. The largest absolute Gasteiger partial charge is 0.354 e. The number of carbonyl (C=O) groups is 2.